The van der Waals surface area contributed by atoms with Crippen LogP contribution in [0, 0.1) is 6.92 Å². The molecule has 0 saturated carbocycles. The van der Waals surface area contributed by atoms with E-state index in [9.17, 15) is 9.59 Å². The van der Waals surface area contributed by atoms with Gasteiger partial charge in [0.05, 0.1) is 0 Å². The van der Waals surface area contributed by atoms with Crippen molar-refractivity contribution in [2.75, 3.05) is 6.54 Å². The van der Waals surface area contributed by atoms with Crippen LogP contribution in [0.2, 0.25) is 5.02 Å². The topological polar surface area (TPSA) is 58.2 Å². The second-order valence-corrected chi connectivity index (χ2v) is 8.23. The molecule has 2 amide bonds. The summed E-state index contributed by atoms with van der Waals surface area (Å²) in [6.45, 7) is 2.44. The fourth-order valence-electron chi connectivity index (χ4n) is 2.85. The van der Waals surface area contributed by atoms with Gasteiger partial charge in [-0.05, 0) is 61.1 Å². The molecule has 30 heavy (non-hydrogen) atoms. The number of hydrogen-bond donors (Lipinski definition) is 2. The molecule has 0 atom stereocenters. The molecule has 1 heterocycles. The van der Waals surface area contributed by atoms with Crippen LogP contribution in [-0.2, 0) is 11.2 Å². The van der Waals surface area contributed by atoms with Crippen molar-refractivity contribution in [1.82, 2.24) is 10.6 Å². The van der Waals surface area contributed by atoms with Gasteiger partial charge in [-0.15, -0.1) is 11.3 Å². The Kier molecular flexibility index (Phi) is 7.82. The summed E-state index contributed by atoms with van der Waals surface area (Å²) in [6.07, 6.45) is 3.20. The lowest BCUT2D eigenvalue weighted by atomic mass is 10.1. The van der Waals surface area contributed by atoms with Crippen molar-refractivity contribution in [1.29, 1.82) is 0 Å². The van der Waals surface area contributed by atoms with Crippen molar-refractivity contribution in [3.63, 3.8) is 0 Å². The molecule has 0 aliphatic rings. The summed E-state index contributed by atoms with van der Waals surface area (Å²) in [4.78, 5) is 26.3. The first-order valence-corrected chi connectivity index (χ1v) is 10.9. The smallest absolute Gasteiger partial charge is 0.267 e. The molecule has 0 radical (unpaired) electrons. The molecule has 0 aliphatic heterocycles. The average Bonchev–Trinajstić information content (AvgIpc) is 3.25. The summed E-state index contributed by atoms with van der Waals surface area (Å²) in [6, 6.07) is 18.7. The maximum atomic E-state index is 12.8. The zero-order chi connectivity index (χ0) is 21.3. The van der Waals surface area contributed by atoms with E-state index in [1.54, 1.807) is 18.2 Å². The molecule has 4 nitrogen and oxygen atoms in total. The molecular weight excluding hydrogens is 416 g/mol. The number of benzene rings is 2. The second-order valence-electron chi connectivity index (χ2n) is 6.84. The van der Waals surface area contributed by atoms with Gasteiger partial charge >= 0.3 is 0 Å². The minimum Gasteiger partial charge on any atom is -0.351 e. The Morgan fingerprint density at radius 2 is 1.80 bits per heavy atom. The third kappa shape index (κ3) is 6.31. The number of amides is 2. The van der Waals surface area contributed by atoms with E-state index in [0.29, 0.717) is 12.1 Å². The van der Waals surface area contributed by atoms with Crippen LogP contribution in [0.5, 0.6) is 0 Å². The van der Waals surface area contributed by atoms with Crippen molar-refractivity contribution in [2.45, 2.75) is 19.8 Å². The molecule has 2 aromatic carbocycles. The number of carbonyl (C=O) groups excluding carboxylic acids is 2. The molecule has 0 spiro atoms. The first kappa shape index (κ1) is 21.8. The standard InChI is InChI=1S/C24H23ClN2O2S/c1-17-10-12-19(13-11-17)23(28)27-22(16-20-8-5-15-30-20)24(29)26-14-4-7-18-6-2-3-9-21(18)25/h2-3,5-6,8-13,15-16H,4,7,14H2,1H3,(H,26,29)(H,27,28)/b22-16-. The Balaban J connectivity index is 1.63. The summed E-state index contributed by atoms with van der Waals surface area (Å²) in [5, 5.41) is 8.30. The van der Waals surface area contributed by atoms with Crippen LogP contribution in [0.4, 0.5) is 0 Å². The number of halogens is 1. The Morgan fingerprint density at radius 3 is 2.50 bits per heavy atom. The van der Waals surface area contributed by atoms with Gasteiger partial charge in [0.1, 0.15) is 5.70 Å². The largest absolute Gasteiger partial charge is 0.351 e. The van der Waals surface area contributed by atoms with Crippen LogP contribution < -0.4 is 10.6 Å². The summed E-state index contributed by atoms with van der Waals surface area (Å²) in [5.74, 6) is -0.632. The van der Waals surface area contributed by atoms with Gasteiger partial charge in [0.2, 0.25) is 0 Å². The molecular formula is C24H23ClN2O2S. The fraction of sp³-hybridized carbons (Fsp3) is 0.167. The van der Waals surface area contributed by atoms with E-state index in [-0.39, 0.29) is 17.5 Å². The molecule has 0 saturated heterocycles. The Bertz CT molecular complexity index is 1030. The van der Waals surface area contributed by atoms with Gasteiger partial charge in [0.15, 0.2) is 0 Å². The van der Waals surface area contributed by atoms with Gasteiger partial charge < -0.3 is 10.6 Å². The highest BCUT2D eigenvalue weighted by molar-refractivity contribution is 7.10. The molecule has 154 valence electrons. The van der Waals surface area contributed by atoms with Gasteiger partial charge in [-0.25, -0.2) is 0 Å². The number of carbonyl (C=O) groups is 2. The minimum atomic E-state index is -0.317. The van der Waals surface area contributed by atoms with Gasteiger partial charge in [-0.3, -0.25) is 9.59 Å². The van der Waals surface area contributed by atoms with Crippen molar-refractivity contribution in [3.8, 4) is 0 Å². The SMILES string of the molecule is Cc1ccc(C(=O)N/C(=C\c2cccs2)C(=O)NCCCc2ccccc2Cl)cc1. The van der Waals surface area contributed by atoms with E-state index in [1.807, 2.05) is 60.8 Å². The van der Waals surface area contributed by atoms with Crippen LogP contribution >= 0.6 is 22.9 Å². The third-order valence-corrected chi connectivity index (χ3v) is 5.69. The first-order valence-electron chi connectivity index (χ1n) is 9.68. The van der Waals surface area contributed by atoms with Gasteiger partial charge in [-0.2, -0.15) is 0 Å². The third-order valence-electron chi connectivity index (χ3n) is 4.50. The lowest BCUT2D eigenvalue weighted by molar-refractivity contribution is -0.117. The molecule has 0 unspecified atom stereocenters. The lowest BCUT2D eigenvalue weighted by Gasteiger charge is -2.11. The highest BCUT2D eigenvalue weighted by atomic mass is 35.5. The lowest BCUT2D eigenvalue weighted by Crippen LogP contribution is -2.35. The van der Waals surface area contributed by atoms with Crippen LogP contribution in [-0.4, -0.2) is 18.4 Å². The number of nitrogens with one attached hydrogen (secondary N) is 2. The van der Waals surface area contributed by atoms with E-state index in [4.69, 9.17) is 11.6 Å². The molecule has 0 bridgehead atoms. The highest BCUT2D eigenvalue weighted by Gasteiger charge is 2.14. The molecule has 0 fully saturated rings. The van der Waals surface area contributed by atoms with Crippen LogP contribution in [0.1, 0.15) is 32.8 Å². The minimum absolute atomic E-state index is 0.223. The number of rotatable bonds is 8. The Hall–Kier alpha value is -2.89. The second kappa shape index (κ2) is 10.8. The number of thiophene rings is 1. The molecule has 3 rings (SSSR count). The van der Waals surface area contributed by atoms with Gasteiger partial charge in [0, 0.05) is 22.0 Å². The highest BCUT2D eigenvalue weighted by Crippen LogP contribution is 2.16. The zero-order valence-electron chi connectivity index (χ0n) is 16.7. The van der Waals surface area contributed by atoms with Gasteiger partial charge in [-0.1, -0.05) is 53.6 Å². The Morgan fingerprint density at radius 1 is 1.03 bits per heavy atom. The quantitative estimate of drug-likeness (QED) is 0.373. The van der Waals surface area contributed by atoms with Crippen molar-refractivity contribution in [3.05, 3.63) is 98.3 Å². The summed E-state index contributed by atoms with van der Waals surface area (Å²) in [7, 11) is 0. The Labute approximate surface area is 185 Å². The number of aryl methyl sites for hydroxylation is 2. The number of hydrogen-bond acceptors (Lipinski definition) is 3. The van der Waals surface area contributed by atoms with Crippen molar-refractivity contribution >= 4 is 40.8 Å². The van der Waals surface area contributed by atoms with Crippen LogP contribution in [0.3, 0.4) is 0 Å². The molecule has 6 heteroatoms. The summed E-state index contributed by atoms with van der Waals surface area (Å²) in [5.41, 5.74) is 2.84. The van der Waals surface area contributed by atoms with E-state index in [2.05, 4.69) is 10.6 Å². The average molecular weight is 439 g/mol. The van der Waals surface area contributed by atoms with E-state index in [1.165, 1.54) is 11.3 Å². The van der Waals surface area contributed by atoms with Crippen molar-refractivity contribution in [2.24, 2.45) is 0 Å². The van der Waals surface area contributed by atoms with Crippen molar-refractivity contribution < 1.29 is 9.59 Å². The zero-order valence-corrected chi connectivity index (χ0v) is 18.2. The summed E-state index contributed by atoms with van der Waals surface area (Å²) >= 11 is 7.68. The molecule has 0 aliphatic carbocycles. The van der Waals surface area contributed by atoms with Crippen LogP contribution in [0.25, 0.3) is 6.08 Å². The molecule has 2 N–H and O–H groups in total. The predicted octanol–water partition coefficient (Wildman–Crippen LogP) is 5.23. The van der Waals surface area contributed by atoms with E-state index >= 15 is 0 Å². The fourth-order valence-corrected chi connectivity index (χ4v) is 3.74. The normalized spacial score (nSPS) is 11.2. The molecule has 1 aromatic heterocycles. The monoisotopic (exact) mass is 438 g/mol. The van der Waals surface area contributed by atoms with Gasteiger partial charge in [0.25, 0.3) is 11.8 Å². The maximum Gasteiger partial charge on any atom is 0.267 e. The van der Waals surface area contributed by atoms with Crippen LogP contribution in [0.15, 0.2) is 71.7 Å². The van der Waals surface area contributed by atoms with E-state index < -0.39 is 0 Å². The molecule has 3 aromatic rings. The predicted molar refractivity (Wildman–Crippen MR) is 124 cm³/mol. The summed E-state index contributed by atoms with van der Waals surface area (Å²) < 4.78 is 0. The maximum absolute atomic E-state index is 12.8. The first-order chi connectivity index (χ1) is 14.5. The van der Waals surface area contributed by atoms with E-state index in [0.717, 1.165) is 33.9 Å².